The minimum absolute atomic E-state index is 0.0594. The molecule has 2 aromatic rings. The largest absolute Gasteiger partial charge is 0.477 e. The number of hydrogen-bond donors (Lipinski definition) is 0. The molecule has 0 N–H and O–H groups in total. The summed E-state index contributed by atoms with van der Waals surface area (Å²) in [5, 5.41) is 0. The zero-order valence-corrected chi connectivity index (χ0v) is 20.5. The molecular weight excluding hydrogens is 447 g/mol. The summed E-state index contributed by atoms with van der Waals surface area (Å²) in [6, 6.07) is 18.6. The van der Waals surface area contributed by atoms with Crippen LogP contribution in [0.5, 0.6) is 0 Å². The quantitative estimate of drug-likeness (QED) is 0.289. The molecule has 3 rings (SSSR count). The first kappa shape index (κ1) is 25.0. The van der Waals surface area contributed by atoms with Crippen LogP contribution in [0.3, 0.4) is 0 Å². The van der Waals surface area contributed by atoms with Crippen LogP contribution in [0.2, 0.25) is 0 Å². The fraction of sp³-hybridized carbons (Fsp3) is 0.435. The minimum atomic E-state index is -3.93. The Morgan fingerprint density at radius 3 is 1.97 bits per heavy atom. The van der Waals surface area contributed by atoms with Crippen LogP contribution in [-0.2, 0) is 36.1 Å². The van der Waals surface area contributed by atoms with Gasteiger partial charge in [-0.1, -0.05) is 74.5 Å². The number of rotatable bonds is 12. The lowest BCUT2D eigenvalue weighted by atomic mass is 10.0. The molecule has 1 heterocycles. The van der Waals surface area contributed by atoms with Gasteiger partial charge in [0.15, 0.2) is 0 Å². The van der Waals surface area contributed by atoms with E-state index in [1.165, 1.54) is 16.4 Å². The first-order valence-corrected chi connectivity index (χ1v) is 12.9. The highest BCUT2D eigenvalue weighted by molar-refractivity contribution is 7.95. The highest BCUT2D eigenvalue weighted by Gasteiger charge is 2.39. The second kappa shape index (κ2) is 12.0. The molecule has 32 heavy (non-hydrogen) atoms. The zero-order valence-electron chi connectivity index (χ0n) is 18.8. The van der Waals surface area contributed by atoms with Gasteiger partial charge in [-0.2, -0.15) is 0 Å². The molecule has 1 atom stereocenters. The van der Waals surface area contributed by atoms with Crippen molar-refractivity contribution in [3.8, 4) is 0 Å². The molecule has 1 fully saturated rings. The van der Waals surface area contributed by atoms with Crippen LogP contribution in [0.4, 0.5) is 0 Å². The summed E-state index contributed by atoms with van der Waals surface area (Å²) in [5.74, 6) is 0.459. The third-order valence-electron chi connectivity index (χ3n) is 5.01. The summed E-state index contributed by atoms with van der Waals surface area (Å²) < 4.78 is 33.6. The summed E-state index contributed by atoms with van der Waals surface area (Å²) in [4.78, 5) is 12.8. The van der Waals surface area contributed by atoms with E-state index >= 15 is 0 Å². The van der Waals surface area contributed by atoms with Gasteiger partial charge in [0, 0.05) is 19.2 Å². The standard InChI is InChI=1S/C23H31N2O5PS/c1-19(2)14-15-22-23(26)25(32-24(22)3)18-30-31(27,28-16-20-10-6-4-7-11-20)29-17-21-12-8-5-9-13-21/h4-13,19,22H,14-18H2,1-3H3. The molecule has 1 aliphatic heterocycles. The highest BCUT2D eigenvalue weighted by Crippen LogP contribution is 2.51. The van der Waals surface area contributed by atoms with Crippen molar-refractivity contribution in [1.82, 2.24) is 8.61 Å². The predicted octanol–water partition coefficient (Wildman–Crippen LogP) is 5.64. The van der Waals surface area contributed by atoms with E-state index in [1.54, 1.807) is 0 Å². The molecule has 0 radical (unpaired) electrons. The number of hydrogen-bond acceptors (Lipinski definition) is 7. The summed E-state index contributed by atoms with van der Waals surface area (Å²) in [5.41, 5.74) is 1.69. The van der Waals surface area contributed by atoms with Crippen molar-refractivity contribution in [3.05, 3.63) is 71.8 Å². The molecule has 0 saturated carbocycles. The van der Waals surface area contributed by atoms with Crippen molar-refractivity contribution in [2.75, 3.05) is 13.8 Å². The molecule has 7 nitrogen and oxygen atoms in total. The monoisotopic (exact) mass is 478 g/mol. The molecule has 2 aromatic carbocycles. The van der Waals surface area contributed by atoms with Gasteiger partial charge in [-0.25, -0.2) is 13.2 Å². The number of carbonyl (C=O) groups is 1. The summed E-state index contributed by atoms with van der Waals surface area (Å²) in [6.45, 7) is 4.23. The highest BCUT2D eigenvalue weighted by atomic mass is 32.2. The van der Waals surface area contributed by atoms with Crippen molar-refractivity contribution in [3.63, 3.8) is 0 Å². The number of amides is 1. The Hall–Kier alpha value is -1.67. The van der Waals surface area contributed by atoms with Crippen LogP contribution in [0.1, 0.15) is 37.8 Å². The lowest BCUT2D eigenvalue weighted by Gasteiger charge is -2.21. The Kier molecular flexibility index (Phi) is 9.34. The van der Waals surface area contributed by atoms with E-state index < -0.39 is 7.82 Å². The number of benzene rings is 2. The average Bonchev–Trinajstić information content (AvgIpc) is 3.07. The van der Waals surface area contributed by atoms with E-state index in [-0.39, 0.29) is 31.9 Å². The Morgan fingerprint density at radius 1 is 0.938 bits per heavy atom. The second-order valence-electron chi connectivity index (χ2n) is 8.06. The van der Waals surface area contributed by atoms with Crippen molar-refractivity contribution in [1.29, 1.82) is 0 Å². The summed E-state index contributed by atoms with van der Waals surface area (Å²) >= 11 is 1.26. The Balaban J connectivity index is 1.62. The normalized spacial score (nSPS) is 17.4. The maximum atomic E-state index is 13.4. The molecule has 0 aromatic heterocycles. The summed E-state index contributed by atoms with van der Waals surface area (Å²) in [6.07, 6.45) is 1.72. The van der Waals surface area contributed by atoms with Gasteiger partial charge in [-0.15, -0.1) is 0 Å². The third kappa shape index (κ3) is 7.44. The van der Waals surface area contributed by atoms with Crippen LogP contribution in [-0.4, -0.2) is 34.3 Å². The lowest BCUT2D eigenvalue weighted by molar-refractivity contribution is -0.129. The maximum absolute atomic E-state index is 13.4. The number of nitrogens with zero attached hydrogens (tertiary/aromatic N) is 2. The van der Waals surface area contributed by atoms with Gasteiger partial charge in [-0.3, -0.25) is 18.4 Å². The van der Waals surface area contributed by atoms with Crippen LogP contribution >= 0.6 is 20.0 Å². The predicted molar refractivity (Wildman–Crippen MR) is 126 cm³/mol. The number of likely N-dealkylation sites (N-methyl/N-ethyl adjacent to an activating group) is 1. The number of phosphoric acid groups is 1. The SMILES string of the molecule is CC(C)CCC1C(=O)N(COP(=O)(OCc2ccccc2)OCc2ccccc2)SN1C. The van der Waals surface area contributed by atoms with Crippen molar-refractivity contribution < 1.29 is 22.9 Å². The molecule has 9 heteroatoms. The third-order valence-corrected chi connectivity index (χ3v) is 7.33. The molecule has 1 aliphatic rings. The fourth-order valence-corrected chi connectivity index (χ4v) is 5.24. The van der Waals surface area contributed by atoms with Gasteiger partial charge >= 0.3 is 7.82 Å². The van der Waals surface area contributed by atoms with Gasteiger partial charge < -0.3 is 0 Å². The molecule has 0 spiro atoms. The number of carbonyl (C=O) groups excluding carboxylic acids is 1. The Bertz CT molecular complexity index is 852. The zero-order chi connectivity index (χ0) is 23.0. The smallest absolute Gasteiger partial charge is 0.282 e. The van der Waals surface area contributed by atoms with E-state index in [0.29, 0.717) is 5.92 Å². The first-order valence-electron chi connectivity index (χ1n) is 10.7. The van der Waals surface area contributed by atoms with E-state index in [4.69, 9.17) is 13.6 Å². The molecule has 1 unspecified atom stereocenters. The first-order chi connectivity index (χ1) is 15.4. The molecule has 1 amide bonds. The van der Waals surface area contributed by atoms with Gasteiger partial charge in [0.1, 0.15) is 12.8 Å². The van der Waals surface area contributed by atoms with E-state index in [9.17, 15) is 9.36 Å². The Labute approximate surface area is 194 Å². The topological polar surface area (TPSA) is 68.3 Å². The minimum Gasteiger partial charge on any atom is -0.282 e. The van der Waals surface area contributed by atoms with Gasteiger partial charge in [-0.05, 0) is 29.9 Å². The van der Waals surface area contributed by atoms with Crippen molar-refractivity contribution in [2.24, 2.45) is 5.92 Å². The van der Waals surface area contributed by atoms with Gasteiger partial charge in [0.05, 0.1) is 13.2 Å². The number of phosphoric ester groups is 1. The van der Waals surface area contributed by atoms with Crippen molar-refractivity contribution >= 4 is 25.9 Å². The fourth-order valence-electron chi connectivity index (χ4n) is 3.15. The molecule has 0 bridgehead atoms. The molecule has 0 aliphatic carbocycles. The van der Waals surface area contributed by atoms with E-state index in [2.05, 4.69) is 13.8 Å². The van der Waals surface area contributed by atoms with Crippen LogP contribution < -0.4 is 0 Å². The van der Waals surface area contributed by atoms with Crippen molar-refractivity contribution in [2.45, 2.75) is 45.9 Å². The van der Waals surface area contributed by atoms with Gasteiger partial charge in [0.2, 0.25) is 0 Å². The van der Waals surface area contributed by atoms with Crippen LogP contribution in [0.15, 0.2) is 60.7 Å². The molecule has 174 valence electrons. The van der Waals surface area contributed by atoms with E-state index in [1.807, 2.05) is 72.0 Å². The van der Waals surface area contributed by atoms with Gasteiger partial charge in [0.25, 0.3) is 5.91 Å². The second-order valence-corrected chi connectivity index (χ2v) is 10.9. The maximum Gasteiger partial charge on any atom is 0.477 e. The summed E-state index contributed by atoms with van der Waals surface area (Å²) in [7, 11) is -2.05. The van der Waals surface area contributed by atoms with E-state index in [0.717, 1.165) is 24.0 Å². The van der Waals surface area contributed by atoms with Crippen LogP contribution in [0.25, 0.3) is 0 Å². The molecule has 1 saturated heterocycles. The van der Waals surface area contributed by atoms with Crippen LogP contribution in [0, 0.1) is 5.92 Å². The Morgan fingerprint density at radius 2 is 1.47 bits per heavy atom. The lowest BCUT2D eigenvalue weighted by Crippen LogP contribution is -2.32. The molecular formula is C23H31N2O5PS. The average molecular weight is 479 g/mol.